The largest absolute Gasteiger partial charge is 0.493 e. The molecule has 0 radical (unpaired) electrons. The number of guanidine groups is 1. The summed E-state index contributed by atoms with van der Waals surface area (Å²) >= 11 is 0. The molecule has 30 heavy (non-hydrogen) atoms. The van der Waals surface area contributed by atoms with Gasteiger partial charge >= 0.3 is 0 Å². The molecule has 2 aromatic rings. The molecule has 0 saturated carbocycles. The van der Waals surface area contributed by atoms with Crippen LogP contribution in [-0.4, -0.2) is 48.5 Å². The van der Waals surface area contributed by atoms with Crippen molar-refractivity contribution >= 4 is 27.6 Å². The molecule has 0 bridgehead atoms. The van der Waals surface area contributed by atoms with E-state index in [1.165, 1.54) is 7.05 Å². The molecule has 0 saturated heterocycles. The van der Waals surface area contributed by atoms with Gasteiger partial charge in [0.1, 0.15) is 22.3 Å². The number of aliphatic imine (C=N–C) groups is 1. The first-order chi connectivity index (χ1) is 14.0. The molecule has 0 aliphatic carbocycles. The molecule has 2 aliphatic rings. The zero-order chi connectivity index (χ0) is 21.8. The number of aryl methyl sites for hydroxylation is 2. The van der Waals surface area contributed by atoms with E-state index in [1.807, 2.05) is 0 Å². The van der Waals surface area contributed by atoms with Crippen molar-refractivity contribution in [1.82, 2.24) is 9.29 Å². The molecule has 3 N–H and O–H groups in total. The van der Waals surface area contributed by atoms with Gasteiger partial charge in [-0.3, -0.25) is 4.79 Å². The summed E-state index contributed by atoms with van der Waals surface area (Å²) in [6.07, 6.45) is 0.258. The summed E-state index contributed by atoms with van der Waals surface area (Å²) in [5.74, 6) is 0.783. The van der Waals surface area contributed by atoms with Gasteiger partial charge in [0.15, 0.2) is 11.6 Å². The number of nitrogens with two attached hydrogens (primary N) is 1. The van der Waals surface area contributed by atoms with Gasteiger partial charge in [0.25, 0.3) is 5.91 Å². The lowest BCUT2D eigenvalue weighted by Crippen LogP contribution is -2.56. The highest BCUT2D eigenvalue weighted by atomic mass is 32.2. The highest BCUT2D eigenvalue weighted by Gasteiger charge is 2.52. The molecule has 160 valence electrons. The minimum atomic E-state index is -3.73. The maximum absolute atomic E-state index is 13.0. The number of hydrogen-bond acceptors (Lipinski definition) is 8. The molecule has 3 heterocycles. The average molecular weight is 433 g/mol. The Morgan fingerprint density at radius 1 is 1.37 bits per heavy atom. The second kappa shape index (κ2) is 6.73. The van der Waals surface area contributed by atoms with E-state index in [4.69, 9.17) is 14.9 Å². The van der Waals surface area contributed by atoms with Crippen LogP contribution in [0.5, 0.6) is 5.75 Å². The number of sulfonamides is 1. The van der Waals surface area contributed by atoms with Gasteiger partial charge in [-0.05, 0) is 32.0 Å². The molecule has 0 fully saturated rings. The Labute approximate surface area is 174 Å². The highest BCUT2D eigenvalue weighted by Crippen LogP contribution is 2.45. The summed E-state index contributed by atoms with van der Waals surface area (Å²) in [6.45, 7) is 5.26. The predicted octanol–water partition coefficient (Wildman–Crippen LogP) is 1.50. The first-order valence-electron chi connectivity index (χ1n) is 9.40. The normalized spacial score (nSPS) is 24.7. The molecular formula is C19H23N5O5S. The van der Waals surface area contributed by atoms with Crippen molar-refractivity contribution in [2.75, 3.05) is 19.0 Å². The molecule has 10 nitrogen and oxygen atoms in total. The zero-order valence-corrected chi connectivity index (χ0v) is 17.9. The summed E-state index contributed by atoms with van der Waals surface area (Å²) in [5.41, 5.74) is 5.95. The first kappa shape index (κ1) is 20.2. The van der Waals surface area contributed by atoms with E-state index in [2.05, 4.69) is 15.3 Å². The van der Waals surface area contributed by atoms with E-state index in [1.54, 1.807) is 39.0 Å². The Balaban J connectivity index is 1.78. The maximum Gasteiger partial charge on any atom is 0.277 e. The number of anilines is 1. The average Bonchev–Trinajstić information content (AvgIpc) is 2.94. The Kier molecular flexibility index (Phi) is 4.53. The Bertz CT molecular complexity index is 1170. The van der Waals surface area contributed by atoms with Crippen LogP contribution in [0.3, 0.4) is 0 Å². The lowest BCUT2D eigenvalue weighted by atomic mass is 9.87. The molecule has 0 spiro atoms. The molecule has 4 rings (SSSR count). The number of aromatic nitrogens is 1. The van der Waals surface area contributed by atoms with Gasteiger partial charge in [0.05, 0.1) is 6.61 Å². The number of nitrogens with one attached hydrogen (secondary N) is 1. The standard InChI is InChI=1S/C19H23N5O5S/c1-10-16(21-11(2)29-10)17(25)22-12-5-6-14-13(9-12)19(3)15(7-8-28-14)30(26,27)24(4)18(20)23-19/h5-6,9,15H,7-8H2,1-4H3,(H2,20,23)(H,22,25)/t15-,19-/m1/s1. The van der Waals surface area contributed by atoms with Gasteiger partial charge in [0.2, 0.25) is 16.0 Å². The molecule has 1 aromatic carbocycles. The Morgan fingerprint density at radius 3 is 2.77 bits per heavy atom. The lowest BCUT2D eigenvalue weighted by Gasteiger charge is -2.40. The lowest BCUT2D eigenvalue weighted by molar-refractivity contribution is 0.102. The Hall–Kier alpha value is -3.08. The van der Waals surface area contributed by atoms with Crippen molar-refractivity contribution in [3.8, 4) is 5.75 Å². The van der Waals surface area contributed by atoms with E-state index >= 15 is 0 Å². The van der Waals surface area contributed by atoms with E-state index in [0.717, 1.165) is 4.31 Å². The van der Waals surface area contributed by atoms with Crippen molar-refractivity contribution in [2.24, 2.45) is 10.7 Å². The summed E-state index contributed by atoms with van der Waals surface area (Å²) in [7, 11) is -2.34. The molecule has 11 heteroatoms. The van der Waals surface area contributed by atoms with E-state index in [0.29, 0.717) is 28.7 Å². The fourth-order valence-electron chi connectivity index (χ4n) is 3.99. The van der Waals surface area contributed by atoms with Crippen LogP contribution in [0.2, 0.25) is 0 Å². The van der Waals surface area contributed by atoms with Crippen LogP contribution in [0.1, 0.15) is 41.0 Å². The van der Waals surface area contributed by atoms with Gasteiger partial charge < -0.3 is 20.2 Å². The van der Waals surface area contributed by atoms with Gasteiger partial charge in [-0.25, -0.2) is 22.7 Å². The minimum Gasteiger partial charge on any atom is -0.493 e. The minimum absolute atomic E-state index is 0.0928. The summed E-state index contributed by atoms with van der Waals surface area (Å²) in [5, 5.41) is 1.93. The molecule has 1 amide bonds. The topological polar surface area (TPSA) is 140 Å². The smallest absolute Gasteiger partial charge is 0.277 e. The summed E-state index contributed by atoms with van der Waals surface area (Å²) in [4.78, 5) is 21.3. The number of hydrogen-bond donors (Lipinski definition) is 2. The fourth-order valence-corrected chi connectivity index (χ4v) is 5.83. The van der Waals surface area contributed by atoms with Gasteiger partial charge in [-0.1, -0.05) is 0 Å². The van der Waals surface area contributed by atoms with Crippen molar-refractivity contribution in [3.05, 3.63) is 41.1 Å². The SMILES string of the molecule is Cc1nc(C(=O)Nc2ccc3c(c2)[C@@]2(C)N=C(N)N(C)S(=O)(=O)[C@@H]2CCO3)c(C)o1. The monoisotopic (exact) mass is 433 g/mol. The molecular weight excluding hydrogens is 410 g/mol. The van der Waals surface area contributed by atoms with Crippen LogP contribution in [-0.2, 0) is 15.6 Å². The molecule has 2 aliphatic heterocycles. The van der Waals surface area contributed by atoms with E-state index in [9.17, 15) is 13.2 Å². The van der Waals surface area contributed by atoms with Crippen LogP contribution < -0.4 is 15.8 Å². The maximum atomic E-state index is 13.0. The number of carbonyl (C=O) groups excluding carboxylic acids is 1. The number of ether oxygens (including phenoxy) is 1. The van der Waals surface area contributed by atoms with Crippen LogP contribution in [0, 0.1) is 13.8 Å². The van der Waals surface area contributed by atoms with Gasteiger partial charge in [0, 0.05) is 31.6 Å². The first-order valence-corrected chi connectivity index (χ1v) is 10.9. The van der Waals surface area contributed by atoms with Crippen molar-refractivity contribution in [3.63, 3.8) is 0 Å². The van der Waals surface area contributed by atoms with Crippen molar-refractivity contribution in [1.29, 1.82) is 0 Å². The quantitative estimate of drug-likeness (QED) is 0.731. The number of nitrogens with zero attached hydrogens (tertiary/aromatic N) is 3. The van der Waals surface area contributed by atoms with Crippen molar-refractivity contribution in [2.45, 2.75) is 38.0 Å². The number of fused-ring (bicyclic) bond motifs is 3. The van der Waals surface area contributed by atoms with E-state index in [-0.39, 0.29) is 24.7 Å². The van der Waals surface area contributed by atoms with Crippen LogP contribution >= 0.6 is 0 Å². The second-order valence-electron chi connectivity index (χ2n) is 7.56. The number of rotatable bonds is 2. The zero-order valence-electron chi connectivity index (χ0n) is 17.1. The molecule has 1 aromatic heterocycles. The fraction of sp³-hybridized carbons (Fsp3) is 0.421. The van der Waals surface area contributed by atoms with Gasteiger partial charge in [-0.2, -0.15) is 0 Å². The number of benzene rings is 1. The predicted molar refractivity (Wildman–Crippen MR) is 110 cm³/mol. The molecule has 0 unspecified atom stereocenters. The van der Waals surface area contributed by atoms with Crippen LogP contribution in [0.4, 0.5) is 5.69 Å². The van der Waals surface area contributed by atoms with Crippen LogP contribution in [0.25, 0.3) is 0 Å². The van der Waals surface area contributed by atoms with E-state index < -0.39 is 26.7 Å². The highest BCUT2D eigenvalue weighted by molar-refractivity contribution is 7.90. The number of carbonyl (C=O) groups is 1. The van der Waals surface area contributed by atoms with Crippen molar-refractivity contribution < 1.29 is 22.4 Å². The second-order valence-corrected chi connectivity index (χ2v) is 9.71. The third-order valence-electron chi connectivity index (χ3n) is 5.58. The third kappa shape index (κ3) is 3.00. The third-order valence-corrected chi connectivity index (χ3v) is 7.94. The molecule has 2 atom stereocenters. The Morgan fingerprint density at radius 2 is 2.10 bits per heavy atom. The number of oxazole rings is 1. The summed E-state index contributed by atoms with van der Waals surface area (Å²) in [6, 6.07) is 5.04. The summed E-state index contributed by atoms with van der Waals surface area (Å²) < 4.78 is 38.2. The number of amides is 1. The van der Waals surface area contributed by atoms with Gasteiger partial charge in [-0.15, -0.1) is 0 Å². The van der Waals surface area contributed by atoms with Crippen LogP contribution in [0.15, 0.2) is 27.6 Å².